The first-order valence-electron chi connectivity index (χ1n) is 8.89. The van der Waals surface area contributed by atoms with E-state index in [2.05, 4.69) is 33.8 Å². The number of imidazole rings is 1. The molecule has 0 bridgehead atoms. The summed E-state index contributed by atoms with van der Waals surface area (Å²) in [4.78, 5) is 20.3. The van der Waals surface area contributed by atoms with E-state index in [-0.39, 0.29) is 0 Å². The largest absolute Gasteiger partial charge is 0.368 e. The number of carbonyl (C=O) groups excluding carboxylic acids is 1. The van der Waals surface area contributed by atoms with Gasteiger partial charge in [-0.15, -0.1) is 0 Å². The molecule has 1 aliphatic rings. The molecule has 0 saturated carbocycles. The SMILES string of the molecule is CCN1CCN(c2ccc(-n3cnc4ccc(C=O)cc43)cc2Cl)CC1. The number of piperazine rings is 1. The number of halogens is 1. The second kappa shape index (κ2) is 7.09. The van der Waals surface area contributed by atoms with E-state index in [4.69, 9.17) is 11.6 Å². The van der Waals surface area contributed by atoms with Gasteiger partial charge in [0.05, 0.1) is 21.7 Å². The maximum atomic E-state index is 11.1. The topological polar surface area (TPSA) is 41.4 Å². The Morgan fingerprint density at radius 2 is 1.92 bits per heavy atom. The van der Waals surface area contributed by atoms with Gasteiger partial charge in [-0.05, 0) is 42.9 Å². The average molecular weight is 369 g/mol. The molecule has 3 aromatic rings. The molecule has 2 aromatic carbocycles. The predicted molar refractivity (Wildman–Crippen MR) is 106 cm³/mol. The van der Waals surface area contributed by atoms with Gasteiger partial charge >= 0.3 is 0 Å². The number of hydrogen-bond acceptors (Lipinski definition) is 4. The van der Waals surface area contributed by atoms with Crippen LogP contribution in [0, 0.1) is 0 Å². The monoisotopic (exact) mass is 368 g/mol. The highest BCUT2D eigenvalue weighted by Gasteiger charge is 2.18. The van der Waals surface area contributed by atoms with Crippen LogP contribution in [0.15, 0.2) is 42.7 Å². The van der Waals surface area contributed by atoms with Crippen molar-refractivity contribution in [3.05, 3.63) is 53.3 Å². The molecule has 0 atom stereocenters. The van der Waals surface area contributed by atoms with Gasteiger partial charge in [0.2, 0.25) is 0 Å². The summed E-state index contributed by atoms with van der Waals surface area (Å²) in [7, 11) is 0. The van der Waals surface area contributed by atoms with E-state index < -0.39 is 0 Å². The Morgan fingerprint density at radius 3 is 2.62 bits per heavy atom. The third kappa shape index (κ3) is 3.08. The smallest absolute Gasteiger partial charge is 0.150 e. The quantitative estimate of drug-likeness (QED) is 0.659. The highest BCUT2D eigenvalue weighted by atomic mass is 35.5. The molecule has 134 valence electrons. The maximum Gasteiger partial charge on any atom is 0.150 e. The van der Waals surface area contributed by atoms with E-state index in [1.165, 1.54) is 0 Å². The Hall–Kier alpha value is -2.37. The van der Waals surface area contributed by atoms with Gasteiger partial charge in [-0.25, -0.2) is 4.98 Å². The van der Waals surface area contributed by atoms with Crippen molar-refractivity contribution in [2.45, 2.75) is 6.92 Å². The van der Waals surface area contributed by atoms with Crippen LogP contribution in [-0.2, 0) is 0 Å². The van der Waals surface area contributed by atoms with Crippen LogP contribution < -0.4 is 4.90 Å². The zero-order valence-electron chi connectivity index (χ0n) is 14.7. The van der Waals surface area contributed by atoms with E-state index >= 15 is 0 Å². The number of nitrogens with zero attached hydrogens (tertiary/aromatic N) is 4. The first-order valence-corrected chi connectivity index (χ1v) is 9.27. The van der Waals surface area contributed by atoms with E-state index in [1.54, 1.807) is 12.4 Å². The summed E-state index contributed by atoms with van der Waals surface area (Å²) in [5.41, 5.74) is 4.40. The van der Waals surface area contributed by atoms with Crippen molar-refractivity contribution in [3.8, 4) is 5.69 Å². The minimum atomic E-state index is 0.635. The number of rotatable bonds is 4. The summed E-state index contributed by atoms with van der Waals surface area (Å²) < 4.78 is 1.97. The maximum absolute atomic E-state index is 11.1. The normalized spacial score (nSPS) is 15.5. The predicted octanol–water partition coefficient (Wildman–Crippen LogP) is 3.63. The minimum absolute atomic E-state index is 0.635. The van der Waals surface area contributed by atoms with E-state index in [1.807, 2.05) is 22.8 Å². The number of aromatic nitrogens is 2. The Bertz CT molecular complexity index is 944. The van der Waals surface area contributed by atoms with Crippen molar-refractivity contribution in [2.24, 2.45) is 0 Å². The lowest BCUT2D eigenvalue weighted by Gasteiger charge is -2.36. The van der Waals surface area contributed by atoms with E-state index in [0.717, 1.165) is 66.4 Å². The number of hydrogen-bond donors (Lipinski definition) is 0. The van der Waals surface area contributed by atoms with Crippen LogP contribution in [0.3, 0.4) is 0 Å². The lowest BCUT2D eigenvalue weighted by molar-refractivity contribution is 0.112. The molecule has 0 amide bonds. The lowest BCUT2D eigenvalue weighted by atomic mass is 10.2. The van der Waals surface area contributed by atoms with Gasteiger partial charge in [-0.3, -0.25) is 9.36 Å². The second-order valence-corrected chi connectivity index (χ2v) is 6.94. The summed E-state index contributed by atoms with van der Waals surface area (Å²) in [6.07, 6.45) is 2.62. The number of benzene rings is 2. The van der Waals surface area contributed by atoms with Crippen LogP contribution >= 0.6 is 11.6 Å². The standard InChI is InChI=1S/C20H21ClN4O/c1-2-23-7-9-24(10-8-23)19-6-4-16(12-17(19)21)25-14-22-18-5-3-15(13-26)11-20(18)25/h3-6,11-14H,2,7-10H2,1H3. The zero-order chi connectivity index (χ0) is 18.1. The van der Waals surface area contributed by atoms with Crippen LogP contribution in [0.4, 0.5) is 5.69 Å². The fraction of sp³-hybridized carbons (Fsp3) is 0.300. The first kappa shape index (κ1) is 17.1. The van der Waals surface area contributed by atoms with Gasteiger partial charge in [-0.1, -0.05) is 18.5 Å². The average Bonchev–Trinajstić information content (AvgIpc) is 3.11. The molecule has 1 fully saturated rings. The molecule has 1 aliphatic heterocycles. The van der Waals surface area contributed by atoms with Crippen LogP contribution in [-0.4, -0.2) is 53.5 Å². The van der Waals surface area contributed by atoms with E-state index in [0.29, 0.717) is 5.56 Å². The lowest BCUT2D eigenvalue weighted by Crippen LogP contribution is -2.46. The summed E-state index contributed by atoms with van der Waals surface area (Å²) in [5, 5.41) is 0.737. The fourth-order valence-corrected chi connectivity index (χ4v) is 3.81. The Morgan fingerprint density at radius 1 is 1.12 bits per heavy atom. The molecular weight excluding hydrogens is 348 g/mol. The Balaban J connectivity index is 1.65. The number of anilines is 1. The van der Waals surface area contributed by atoms with Crippen LogP contribution in [0.5, 0.6) is 0 Å². The van der Waals surface area contributed by atoms with Crippen molar-refractivity contribution in [2.75, 3.05) is 37.6 Å². The minimum Gasteiger partial charge on any atom is -0.368 e. The molecule has 5 nitrogen and oxygen atoms in total. The molecule has 2 heterocycles. The fourth-order valence-electron chi connectivity index (χ4n) is 3.51. The van der Waals surface area contributed by atoms with Gasteiger partial charge in [0.25, 0.3) is 0 Å². The molecule has 0 spiro atoms. The highest BCUT2D eigenvalue weighted by molar-refractivity contribution is 6.33. The molecule has 0 unspecified atom stereocenters. The van der Waals surface area contributed by atoms with Gasteiger partial charge in [0.1, 0.15) is 12.6 Å². The van der Waals surface area contributed by atoms with Gasteiger partial charge in [-0.2, -0.15) is 0 Å². The van der Waals surface area contributed by atoms with Gasteiger partial charge in [0, 0.05) is 37.4 Å². The molecule has 1 aromatic heterocycles. The molecule has 6 heteroatoms. The first-order chi connectivity index (χ1) is 12.7. The van der Waals surface area contributed by atoms with Crippen molar-refractivity contribution in [3.63, 3.8) is 0 Å². The molecule has 1 saturated heterocycles. The second-order valence-electron chi connectivity index (χ2n) is 6.54. The third-order valence-corrected chi connectivity index (χ3v) is 5.38. The summed E-state index contributed by atoms with van der Waals surface area (Å²) in [6.45, 7) is 7.40. The van der Waals surface area contributed by atoms with Crippen molar-refractivity contribution in [1.29, 1.82) is 0 Å². The third-order valence-electron chi connectivity index (χ3n) is 5.08. The summed E-state index contributed by atoms with van der Waals surface area (Å²) in [5.74, 6) is 0. The zero-order valence-corrected chi connectivity index (χ0v) is 15.5. The molecule has 26 heavy (non-hydrogen) atoms. The van der Waals surface area contributed by atoms with Crippen molar-refractivity contribution >= 4 is 34.6 Å². The molecule has 0 N–H and O–H groups in total. The number of aldehydes is 1. The van der Waals surface area contributed by atoms with Crippen molar-refractivity contribution in [1.82, 2.24) is 14.5 Å². The molecule has 0 aliphatic carbocycles. The summed E-state index contributed by atoms with van der Waals surface area (Å²) in [6, 6.07) is 11.6. The molecule has 4 rings (SSSR count). The highest BCUT2D eigenvalue weighted by Crippen LogP contribution is 2.30. The van der Waals surface area contributed by atoms with Crippen LogP contribution in [0.1, 0.15) is 17.3 Å². The number of likely N-dealkylation sites (N-methyl/N-ethyl adjacent to an activating group) is 1. The summed E-state index contributed by atoms with van der Waals surface area (Å²) >= 11 is 6.61. The van der Waals surface area contributed by atoms with Crippen LogP contribution in [0.2, 0.25) is 5.02 Å². The van der Waals surface area contributed by atoms with Crippen molar-refractivity contribution < 1.29 is 4.79 Å². The van der Waals surface area contributed by atoms with E-state index in [9.17, 15) is 4.79 Å². The Kier molecular flexibility index (Phi) is 4.66. The Labute approximate surface area is 157 Å². The molecule has 0 radical (unpaired) electrons. The molecular formula is C20H21ClN4O. The van der Waals surface area contributed by atoms with Crippen LogP contribution in [0.25, 0.3) is 16.7 Å². The van der Waals surface area contributed by atoms with Gasteiger partial charge in [0.15, 0.2) is 0 Å². The number of fused-ring (bicyclic) bond motifs is 1. The number of carbonyl (C=O) groups is 1. The van der Waals surface area contributed by atoms with Gasteiger partial charge < -0.3 is 9.80 Å².